The van der Waals surface area contributed by atoms with Gasteiger partial charge in [-0.15, -0.1) is 0 Å². The lowest BCUT2D eigenvalue weighted by Crippen LogP contribution is -2.28. The molecule has 0 radical (unpaired) electrons. The zero-order valence-electron chi connectivity index (χ0n) is 11.3. The predicted molar refractivity (Wildman–Crippen MR) is 77.2 cm³/mol. The molecule has 104 valence electrons. The van der Waals surface area contributed by atoms with Gasteiger partial charge >= 0.3 is 0 Å². The number of rotatable bonds is 5. The Balaban J connectivity index is 1.80. The smallest absolute Gasteiger partial charge is 0.258 e. The van der Waals surface area contributed by atoms with Crippen LogP contribution in [0.5, 0.6) is 5.75 Å². The Hall–Kier alpha value is -2.56. The third kappa shape index (κ3) is 3.98. The minimum absolute atomic E-state index is 0.0816. The average Bonchev–Trinajstić information content (AvgIpc) is 2.45. The van der Waals surface area contributed by atoms with E-state index < -0.39 is 0 Å². The number of benzene rings is 1. The van der Waals surface area contributed by atoms with Crippen LogP contribution in [0.3, 0.4) is 0 Å². The summed E-state index contributed by atoms with van der Waals surface area (Å²) < 4.78 is 5.34. The summed E-state index contributed by atoms with van der Waals surface area (Å²) in [4.78, 5) is 15.7. The molecule has 1 heterocycles. The third-order valence-corrected chi connectivity index (χ3v) is 2.72. The fourth-order valence-electron chi connectivity index (χ4n) is 1.68. The summed E-state index contributed by atoms with van der Waals surface area (Å²) in [6, 6.07) is 13.2. The third-order valence-electron chi connectivity index (χ3n) is 2.72. The molecular weight excluding hydrogens is 254 g/mol. The highest BCUT2D eigenvalue weighted by atomic mass is 16.5. The molecule has 2 rings (SSSR count). The number of ether oxygens (including phenoxy) is 1. The van der Waals surface area contributed by atoms with E-state index in [1.807, 2.05) is 37.3 Å². The van der Waals surface area contributed by atoms with Crippen LogP contribution in [0.2, 0.25) is 0 Å². The first-order valence-corrected chi connectivity index (χ1v) is 6.31. The van der Waals surface area contributed by atoms with E-state index in [1.54, 1.807) is 12.1 Å². The maximum Gasteiger partial charge on any atom is 0.258 e. The topological polar surface area (TPSA) is 77.2 Å². The second kappa shape index (κ2) is 6.56. The maximum atomic E-state index is 11.7. The van der Waals surface area contributed by atoms with Crippen molar-refractivity contribution >= 4 is 11.7 Å². The van der Waals surface area contributed by atoms with Gasteiger partial charge in [0.1, 0.15) is 0 Å². The van der Waals surface area contributed by atoms with Gasteiger partial charge in [0.2, 0.25) is 0 Å². The lowest BCUT2D eigenvalue weighted by molar-refractivity contribution is -0.123. The zero-order valence-corrected chi connectivity index (χ0v) is 11.3. The Bertz CT molecular complexity index is 585. The van der Waals surface area contributed by atoms with Crippen molar-refractivity contribution in [3.05, 3.63) is 53.7 Å². The van der Waals surface area contributed by atoms with Crippen LogP contribution in [0.15, 0.2) is 42.5 Å². The van der Waals surface area contributed by atoms with E-state index >= 15 is 0 Å². The summed E-state index contributed by atoms with van der Waals surface area (Å²) >= 11 is 0. The fourth-order valence-corrected chi connectivity index (χ4v) is 1.68. The first kappa shape index (κ1) is 13.9. The number of hydrogen-bond acceptors (Lipinski definition) is 4. The van der Waals surface area contributed by atoms with Gasteiger partial charge in [-0.05, 0) is 24.6 Å². The second-order valence-corrected chi connectivity index (χ2v) is 4.39. The van der Waals surface area contributed by atoms with E-state index in [-0.39, 0.29) is 12.5 Å². The Kier molecular flexibility index (Phi) is 4.55. The molecule has 2 aromatic rings. The molecule has 0 bridgehead atoms. The number of amides is 1. The highest BCUT2D eigenvalue weighted by molar-refractivity contribution is 5.77. The van der Waals surface area contributed by atoms with E-state index in [0.29, 0.717) is 18.1 Å². The molecule has 0 fully saturated rings. The Morgan fingerprint density at radius 3 is 2.70 bits per heavy atom. The molecule has 0 aliphatic carbocycles. The lowest BCUT2D eigenvalue weighted by Gasteiger charge is -2.09. The number of nitrogen functional groups attached to an aromatic ring is 1. The molecule has 5 heteroatoms. The number of carbonyl (C=O) groups is 1. The van der Waals surface area contributed by atoms with Crippen molar-refractivity contribution in [2.75, 3.05) is 12.3 Å². The highest BCUT2D eigenvalue weighted by Crippen LogP contribution is 2.18. The summed E-state index contributed by atoms with van der Waals surface area (Å²) in [6.07, 6.45) is 0. The van der Waals surface area contributed by atoms with Gasteiger partial charge in [-0.2, -0.15) is 0 Å². The molecule has 0 aliphatic rings. The van der Waals surface area contributed by atoms with Crippen molar-refractivity contribution in [1.29, 1.82) is 0 Å². The molecule has 1 amide bonds. The van der Waals surface area contributed by atoms with Gasteiger partial charge in [0.15, 0.2) is 18.2 Å². The van der Waals surface area contributed by atoms with Gasteiger partial charge < -0.3 is 15.8 Å². The normalized spacial score (nSPS) is 10.1. The predicted octanol–water partition coefficient (Wildman–Crippen LogP) is 1.67. The molecule has 3 N–H and O–H groups in total. The summed E-state index contributed by atoms with van der Waals surface area (Å²) in [5.41, 5.74) is 7.55. The van der Waals surface area contributed by atoms with E-state index in [0.717, 1.165) is 11.3 Å². The number of anilines is 1. The highest BCUT2D eigenvalue weighted by Gasteiger charge is 2.06. The summed E-state index contributed by atoms with van der Waals surface area (Å²) in [5.74, 6) is 0.514. The van der Waals surface area contributed by atoms with E-state index in [2.05, 4.69) is 10.3 Å². The molecule has 0 aliphatic heterocycles. The summed E-state index contributed by atoms with van der Waals surface area (Å²) in [6.45, 7) is 2.24. The van der Waals surface area contributed by atoms with Gasteiger partial charge in [-0.1, -0.05) is 30.3 Å². The van der Waals surface area contributed by atoms with Gasteiger partial charge in [0.25, 0.3) is 5.91 Å². The van der Waals surface area contributed by atoms with Gasteiger partial charge in [-0.3, -0.25) is 4.79 Å². The molecular formula is C15H17N3O2. The van der Waals surface area contributed by atoms with Crippen molar-refractivity contribution in [1.82, 2.24) is 10.3 Å². The first-order valence-electron chi connectivity index (χ1n) is 6.31. The van der Waals surface area contributed by atoms with Crippen LogP contribution in [0.25, 0.3) is 0 Å². The summed E-state index contributed by atoms with van der Waals surface area (Å²) in [7, 11) is 0. The van der Waals surface area contributed by atoms with Crippen LogP contribution in [0.1, 0.15) is 11.3 Å². The zero-order chi connectivity index (χ0) is 14.4. The van der Waals surface area contributed by atoms with Gasteiger partial charge in [0, 0.05) is 12.2 Å². The molecule has 1 aromatic heterocycles. The minimum atomic E-state index is -0.200. The SMILES string of the molecule is Cc1ccc(OCC(=O)NCc2ccccc2)c(N)n1. The first-order chi connectivity index (χ1) is 9.65. The van der Waals surface area contributed by atoms with Crippen molar-refractivity contribution in [2.45, 2.75) is 13.5 Å². The second-order valence-electron chi connectivity index (χ2n) is 4.39. The van der Waals surface area contributed by atoms with Crippen molar-refractivity contribution < 1.29 is 9.53 Å². The molecule has 0 atom stereocenters. The van der Waals surface area contributed by atoms with Crippen molar-refractivity contribution in [3.8, 4) is 5.75 Å². The molecule has 0 unspecified atom stereocenters. The quantitative estimate of drug-likeness (QED) is 0.867. The maximum absolute atomic E-state index is 11.7. The van der Waals surface area contributed by atoms with E-state index in [4.69, 9.17) is 10.5 Å². The molecule has 1 aromatic carbocycles. The largest absolute Gasteiger partial charge is 0.480 e. The molecule has 0 saturated heterocycles. The number of aryl methyl sites for hydroxylation is 1. The molecule has 0 saturated carbocycles. The van der Waals surface area contributed by atoms with Crippen LogP contribution in [-0.4, -0.2) is 17.5 Å². The minimum Gasteiger partial charge on any atom is -0.480 e. The van der Waals surface area contributed by atoms with Crippen LogP contribution in [0.4, 0.5) is 5.82 Å². The van der Waals surface area contributed by atoms with Gasteiger partial charge in [-0.25, -0.2) is 4.98 Å². The molecule has 0 spiro atoms. The van der Waals surface area contributed by atoms with Crippen LogP contribution in [0, 0.1) is 6.92 Å². The van der Waals surface area contributed by atoms with Crippen LogP contribution < -0.4 is 15.8 Å². The number of aromatic nitrogens is 1. The number of pyridine rings is 1. The van der Waals surface area contributed by atoms with Gasteiger partial charge in [0.05, 0.1) is 0 Å². The monoisotopic (exact) mass is 271 g/mol. The number of nitrogens with two attached hydrogens (primary N) is 1. The molecule has 20 heavy (non-hydrogen) atoms. The Labute approximate surface area is 117 Å². The average molecular weight is 271 g/mol. The Morgan fingerprint density at radius 2 is 2.00 bits per heavy atom. The van der Waals surface area contributed by atoms with E-state index in [9.17, 15) is 4.79 Å². The standard InChI is InChI=1S/C15H17N3O2/c1-11-7-8-13(15(16)18-11)20-10-14(19)17-9-12-5-3-2-4-6-12/h2-8H,9-10H2,1H3,(H2,16,18)(H,17,19). The number of hydrogen-bond donors (Lipinski definition) is 2. The summed E-state index contributed by atoms with van der Waals surface area (Å²) in [5, 5.41) is 2.77. The number of nitrogens with zero attached hydrogens (tertiary/aromatic N) is 1. The van der Waals surface area contributed by atoms with Crippen LogP contribution in [-0.2, 0) is 11.3 Å². The van der Waals surface area contributed by atoms with Crippen molar-refractivity contribution in [3.63, 3.8) is 0 Å². The van der Waals surface area contributed by atoms with Crippen LogP contribution >= 0.6 is 0 Å². The van der Waals surface area contributed by atoms with E-state index in [1.165, 1.54) is 0 Å². The lowest BCUT2D eigenvalue weighted by atomic mass is 10.2. The Morgan fingerprint density at radius 1 is 1.25 bits per heavy atom. The number of carbonyl (C=O) groups excluding carboxylic acids is 1. The van der Waals surface area contributed by atoms with Crippen molar-refractivity contribution in [2.24, 2.45) is 0 Å². The fraction of sp³-hybridized carbons (Fsp3) is 0.200. The number of nitrogens with one attached hydrogen (secondary N) is 1. The molecule has 5 nitrogen and oxygen atoms in total.